The second-order valence-corrected chi connectivity index (χ2v) is 2.72. The number of benzene rings is 1. The maximum absolute atomic E-state index is 13.0. The van der Waals surface area contributed by atoms with Crippen LogP contribution in [0.3, 0.4) is 0 Å². The van der Waals surface area contributed by atoms with Crippen LogP contribution in [0.2, 0.25) is 0 Å². The first-order valence-electron chi connectivity index (χ1n) is 3.51. The fourth-order valence-corrected chi connectivity index (χ4v) is 1.15. The predicted octanol–water partition coefficient (Wildman–Crippen LogP) is 2.84. The van der Waals surface area contributed by atoms with Crippen molar-refractivity contribution < 1.29 is 13.2 Å². The van der Waals surface area contributed by atoms with Gasteiger partial charge in [0.2, 0.25) is 11.7 Å². The SMILES string of the molecule is Fc1ccc2nc(CCl)oc2c1F. The Morgan fingerprint density at radius 3 is 2.85 bits per heavy atom. The van der Waals surface area contributed by atoms with Crippen LogP contribution in [0.5, 0.6) is 0 Å². The molecule has 0 aliphatic rings. The largest absolute Gasteiger partial charge is 0.436 e. The zero-order valence-corrected chi connectivity index (χ0v) is 7.11. The standard InChI is InChI=1S/C8H4ClF2NO/c9-3-6-12-5-2-1-4(10)7(11)8(5)13-6/h1-2H,3H2. The number of alkyl halides is 1. The van der Waals surface area contributed by atoms with E-state index >= 15 is 0 Å². The number of halogens is 3. The van der Waals surface area contributed by atoms with Gasteiger partial charge in [0, 0.05) is 0 Å². The maximum atomic E-state index is 13.0. The van der Waals surface area contributed by atoms with Gasteiger partial charge in [-0.25, -0.2) is 9.37 Å². The van der Waals surface area contributed by atoms with E-state index < -0.39 is 11.6 Å². The van der Waals surface area contributed by atoms with Crippen LogP contribution >= 0.6 is 11.6 Å². The third-order valence-electron chi connectivity index (χ3n) is 1.61. The molecule has 0 aliphatic carbocycles. The topological polar surface area (TPSA) is 26.0 Å². The zero-order valence-electron chi connectivity index (χ0n) is 6.35. The Bertz CT molecular complexity index is 455. The van der Waals surface area contributed by atoms with Crippen molar-refractivity contribution in [3.8, 4) is 0 Å². The highest BCUT2D eigenvalue weighted by atomic mass is 35.5. The lowest BCUT2D eigenvalue weighted by molar-refractivity contribution is 0.480. The van der Waals surface area contributed by atoms with Crippen molar-refractivity contribution in [3.05, 3.63) is 29.7 Å². The van der Waals surface area contributed by atoms with Gasteiger partial charge in [-0.05, 0) is 12.1 Å². The molecule has 0 N–H and O–H groups in total. The predicted molar refractivity (Wildman–Crippen MR) is 43.5 cm³/mol. The minimum atomic E-state index is -1.03. The Hall–Kier alpha value is -1.16. The fourth-order valence-electron chi connectivity index (χ4n) is 1.04. The van der Waals surface area contributed by atoms with Crippen molar-refractivity contribution in [2.75, 3.05) is 0 Å². The van der Waals surface area contributed by atoms with E-state index in [9.17, 15) is 8.78 Å². The molecule has 0 saturated carbocycles. The third-order valence-corrected chi connectivity index (χ3v) is 1.84. The summed E-state index contributed by atoms with van der Waals surface area (Å²) in [5, 5.41) is 0. The average molecular weight is 204 g/mol. The quantitative estimate of drug-likeness (QED) is 0.666. The molecule has 0 saturated heterocycles. The Labute approximate surface area is 77.1 Å². The van der Waals surface area contributed by atoms with Gasteiger partial charge in [-0.1, -0.05) is 0 Å². The van der Waals surface area contributed by atoms with Crippen LogP contribution in [0.1, 0.15) is 5.89 Å². The molecule has 2 nitrogen and oxygen atoms in total. The van der Waals surface area contributed by atoms with E-state index in [0.29, 0.717) is 0 Å². The number of rotatable bonds is 1. The van der Waals surface area contributed by atoms with Crippen molar-refractivity contribution in [1.82, 2.24) is 4.98 Å². The molecule has 68 valence electrons. The van der Waals surface area contributed by atoms with E-state index in [0.717, 1.165) is 6.07 Å². The molecule has 2 rings (SSSR count). The Morgan fingerprint density at radius 1 is 1.38 bits per heavy atom. The van der Waals surface area contributed by atoms with Gasteiger partial charge in [-0.3, -0.25) is 0 Å². The molecular weight excluding hydrogens is 200 g/mol. The fraction of sp³-hybridized carbons (Fsp3) is 0.125. The molecule has 0 aliphatic heterocycles. The first-order chi connectivity index (χ1) is 6.22. The van der Waals surface area contributed by atoms with Gasteiger partial charge in [-0.15, -0.1) is 11.6 Å². The number of hydrogen-bond donors (Lipinski definition) is 0. The van der Waals surface area contributed by atoms with Crippen LogP contribution in [0.15, 0.2) is 16.5 Å². The molecular formula is C8H4ClF2NO. The van der Waals surface area contributed by atoms with Gasteiger partial charge >= 0.3 is 0 Å². The third kappa shape index (κ3) is 1.27. The molecule has 5 heteroatoms. The average Bonchev–Trinajstić information content (AvgIpc) is 2.55. The maximum Gasteiger partial charge on any atom is 0.210 e. The van der Waals surface area contributed by atoms with E-state index in [1.807, 2.05) is 0 Å². The van der Waals surface area contributed by atoms with Crippen LogP contribution in [-0.2, 0) is 5.88 Å². The lowest BCUT2D eigenvalue weighted by Gasteiger charge is -1.90. The van der Waals surface area contributed by atoms with Crippen LogP contribution in [0, 0.1) is 11.6 Å². The Morgan fingerprint density at radius 2 is 2.15 bits per heavy atom. The van der Waals surface area contributed by atoms with Crippen molar-refractivity contribution in [3.63, 3.8) is 0 Å². The highest BCUT2D eigenvalue weighted by Crippen LogP contribution is 2.21. The van der Waals surface area contributed by atoms with E-state index in [2.05, 4.69) is 4.98 Å². The molecule has 0 amide bonds. The summed E-state index contributed by atoms with van der Waals surface area (Å²) in [6.45, 7) is 0. The van der Waals surface area contributed by atoms with Gasteiger partial charge in [-0.2, -0.15) is 4.39 Å². The summed E-state index contributed by atoms with van der Waals surface area (Å²) in [6, 6.07) is 2.34. The summed E-state index contributed by atoms with van der Waals surface area (Å²) in [7, 11) is 0. The molecule has 2 aromatic rings. The summed E-state index contributed by atoms with van der Waals surface area (Å²) < 4.78 is 30.5. The number of fused-ring (bicyclic) bond motifs is 1. The normalized spacial score (nSPS) is 11.0. The molecule has 0 unspecified atom stereocenters. The summed E-state index contributed by atoms with van der Waals surface area (Å²) >= 11 is 5.42. The first-order valence-corrected chi connectivity index (χ1v) is 4.05. The molecule has 0 radical (unpaired) electrons. The van der Waals surface area contributed by atoms with Crippen LogP contribution in [0.25, 0.3) is 11.1 Å². The molecule has 0 spiro atoms. The molecule has 1 aromatic carbocycles. The Kier molecular flexibility index (Phi) is 1.92. The van der Waals surface area contributed by atoms with Crippen molar-refractivity contribution in [2.45, 2.75) is 5.88 Å². The van der Waals surface area contributed by atoms with E-state index in [4.69, 9.17) is 16.0 Å². The van der Waals surface area contributed by atoms with E-state index in [1.165, 1.54) is 6.07 Å². The highest BCUT2D eigenvalue weighted by molar-refractivity contribution is 6.16. The minimum Gasteiger partial charge on any atom is -0.436 e. The number of nitrogens with zero attached hydrogens (tertiary/aromatic N) is 1. The summed E-state index contributed by atoms with van der Waals surface area (Å²) in [6.07, 6.45) is 0. The van der Waals surface area contributed by atoms with Crippen molar-refractivity contribution in [1.29, 1.82) is 0 Å². The van der Waals surface area contributed by atoms with Gasteiger partial charge in [0.25, 0.3) is 0 Å². The lowest BCUT2D eigenvalue weighted by Crippen LogP contribution is -1.82. The van der Waals surface area contributed by atoms with Gasteiger partial charge in [0.05, 0.1) is 5.88 Å². The van der Waals surface area contributed by atoms with E-state index in [1.54, 1.807) is 0 Å². The minimum absolute atomic E-state index is 0.0374. The van der Waals surface area contributed by atoms with Crippen LogP contribution in [0.4, 0.5) is 8.78 Å². The zero-order chi connectivity index (χ0) is 9.42. The molecule has 0 atom stereocenters. The lowest BCUT2D eigenvalue weighted by atomic mass is 10.3. The van der Waals surface area contributed by atoms with Gasteiger partial charge < -0.3 is 4.42 Å². The smallest absolute Gasteiger partial charge is 0.210 e. The molecule has 0 bridgehead atoms. The summed E-state index contributed by atoms with van der Waals surface area (Å²) in [5.74, 6) is -1.76. The van der Waals surface area contributed by atoms with Crippen molar-refractivity contribution >= 4 is 22.7 Å². The number of oxazole rings is 1. The highest BCUT2D eigenvalue weighted by Gasteiger charge is 2.13. The molecule has 13 heavy (non-hydrogen) atoms. The molecule has 1 aromatic heterocycles. The summed E-state index contributed by atoms with van der Waals surface area (Å²) in [5.41, 5.74) is 0.0881. The van der Waals surface area contributed by atoms with Gasteiger partial charge in [0.1, 0.15) is 5.52 Å². The first kappa shape index (κ1) is 8.44. The second kappa shape index (κ2) is 2.96. The van der Waals surface area contributed by atoms with Gasteiger partial charge in [0.15, 0.2) is 11.4 Å². The molecule has 0 fully saturated rings. The molecule has 1 heterocycles. The van der Waals surface area contributed by atoms with Crippen LogP contribution in [-0.4, -0.2) is 4.98 Å². The summed E-state index contributed by atoms with van der Waals surface area (Å²) in [4.78, 5) is 3.83. The Balaban J connectivity index is 2.76. The van der Waals surface area contributed by atoms with E-state index in [-0.39, 0.29) is 22.9 Å². The monoisotopic (exact) mass is 203 g/mol. The number of aromatic nitrogens is 1. The van der Waals surface area contributed by atoms with Crippen molar-refractivity contribution in [2.24, 2.45) is 0 Å². The second-order valence-electron chi connectivity index (χ2n) is 2.45. The number of hydrogen-bond acceptors (Lipinski definition) is 2. The van der Waals surface area contributed by atoms with Crippen LogP contribution < -0.4 is 0 Å².